The van der Waals surface area contributed by atoms with E-state index < -0.39 is 5.41 Å². The van der Waals surface area contributed by atoms with E-state index >= 15 is 0 Å². The number of carbonyl (C=O) groups excluding carboxylic acids is 3. The molecule has 0 unspecified atom stereocenters. The molecule has 0 radical (unpaired) electrons. The monoisotopic (exact) mass is 414 g/mol. The van der Waals surface area contributed by atoms with E-state index in [9.17, 15) is 14.4 Å². The van der Waals surface area contributed by atoms with Crippen molar-refractivity contribution in [3.63, 3.8) is 0 Å². The number of nitrogens with zero attached hydrogens (tertiary/aromatic N) is 4. The number of hydrogen-bond donors (Lipinski definition) is 2. The van der Waals surface area contributed by atoms with E-state index in [1.54, 1.807) is 10.9 Å². The van der Waals surface area contributed by atoms with E-state index in [2.05, 4.69) is 27.9 Å². The molecule has 2 bridgehead atoms. The van der Waals surface area contributed by atoms with Crippen LogP contribution in [0.25, 0.3) is 0 Å². The molecule has 30 heavy (non-hydrogen) atoms. The van der Waals surface area contributed by atoms with Crippen LogP contribution in [0.3, 0.4) is 0 Å². The van der Waals surface area contributed by atoms with Gasteiger partial charge in [-0.3, -0.25) is 19.1 Å². The van der Waals surface area contributed by atoms with Crippen LogP contribution in [0.1, 0.15) is 58.3 Å². The highest BCUT2D eigenvalue weighted by atomic mass is 16.2. The summed E-state index contributed by atoms with van der Waals surface area (Å²) in [4.78, 5) is 39.4. The summed E-state index contributed by atoms with van der Waals surface area (Å²) >= 11 is 0. The Balaban J connectivity index is 1.36. The van der Waals surface area contributed by atoms with Gasteiger partial charge in [0.1, 0.15) is 0 Å². The molecule has 2 N–H and O–H groups in total. The lowest BCUT2D eigenvalue weighted by atomic mass is 9.71. The highest BCUT2D eigenvalue weighted by Gasteiger charge is 2.59. The van der Waals surface area contributed by atoms with Crippen molar-refractivity contribution in [2.75, 3.05) is 6.54 Å². The molecule has 0 spiro atoms. The summed E-state index contributed by atoms with van der Waals surface area (Å²) in [5.41, 5.74) is 2.85. The molecule has 9 heteroatoms. The van der Waals surface area contributed by atoms with Gasteiger partial charge in [0.25, 0.3) is 0 Å². The largest absolute Gasteiger partial charge is 0.354 e. The molecule has 2 saturated heterocycles. The fourth-order valence-corrected chi connectivity index (χ4v) is 5.31. The van der Waals surface area contributed by atoms with E-state index in [1.165, 1.54) is 0 Å². The first-order valence-electron chi connectivity index (χ1n) is 10.9. The van der Waals surface area contributed by atoms with Gasteiger partial charge < -0.3 is 10.2 Å². The Bertz CT molecular complexity index is 836. The molecule has 4 heterocycles. The normalized spacial score (nSPS) is 27.7. The van der Waals surface area contributed by atoms with Crippen molar-refractivity contribution >= 4 is 23.4 Å². The number of hydrogen-bond acceptors (Lipinski definition) is 5. The van der Waals surface area contributed by atoms with Crippen LogP contribution in [0.4, 0.5) is 0 Å². The second-order valence-electron chi connectivity index (χ2n) is 8.50. The average Bonchev–Trinajstić information content (AvgIpc) is 3.48. The molecule has 9 nitrogen and oxygen atoms in total. The van der Waals surface area contributed by atoms with E-state index in [1.807, 2.05) is 17.2 Å². The molecule has 1 aromatic heterocycles. The molecule has 3 aliphatic heterocycles. The second kappa shape index (κ2) is 8.57. The Morgan fingerprint density at radius 1 is 1.33 bits per heavy atom. The molecule has 3 atom stereocenters. The highest BCUT2D eigenvalue weighted by Crippen LogP contribution is 2.52. The lowest BCUT2D eigenvalue weighted by molar-refractivity contribution is -0.136. The van der Waals surface area contributed by atoms with Crippen molar-refractivity contribution in [2.24, 2.45) is 10.5 Å². The predicted octanol–water partition coefficient (Wildman–Crippen LogP) is 1.21. The molecule has 4 rings (SSSR count). The van der Waals surface area contributed by atoms with Gasteiger partial charge in [-0.05, 0) is 44.6 Å². The maximum absolute atomic E-state index is 13.2. The minimum absolute atomic E-state index is 0.0299. The fraction of sp³-hybridized carbons (Fsp3) is 0.667. The zero-order valence-corrected chi connectivity index (χ0v) is 17.5. The molecule has 0 saturated carbocycles. The topological polar surface area (TPSA) is 109 Å². The van der Waals surface area contributed by atoms with Crippen molar-refractivity contribution in [3.8, 4) is 0 Å². The van der Waals surface area contributed by atoms with Crippen LogP contribution in [0.5, 0.6) is 0 Å². The SMILES string of the molecule is CC[C@]1(C(=O)NCCn2cccn2)C[C@H]2CC[C@@H]1N2C(=O)CCC1=NNC(=O)CC1. The number of rotatable bonds is 8. The third-order valence-corrected chi connectivity index (χ3v) is 6.90. The zero-order chi connectivity index (χ0) is 21.1. The molecular formula is C21H30N6O3. The van der Waals surface area contributed by atoms with E-state index in [-0.39, 0.29) is 29.8 Å². The Kier molecular flexibility index (Phi) is 5.87. The summed E-state index contributed by atoms with van der Waals surface area (Å²) in [6, 6.07) is 1.98. The number of amides is 3. The molecule has 0 aliphatic carbocycles. The summed E-state index contributed by atoms with van der Waals surface area (Å²) in [5.74, 6) is 0.0808. The van der Waals surface area contributed by atoms with Crippen LogP contribution in [0, 0.1) is 5.41 Å². The smallest absolute Gasteiger partial charge is 0.240 e. The van der Waals surface area contributed by atoms with Crippen LogP contribution in [-0.4, -0.2) is 56.7 Å². The summed E-state index contributed by atoms with van der Waals surface area (Å²) in [6.45, 7) is 3.21. The fourth-order valence-electron chi connectivity index (χ4n) is 5.31. The van der Waals surface area contributed by atoms with Gasteiger partial charge in [0.15, 0.2) is 0 Å². The molecular weight excluding hydrogens is 384 g/mol. The van der Waals surface area contributed by atoms with Crippen LogP contribution < -0.4 is 10.7 Å². The van der Waals surface area contributed by atoms with Gasteiger partial charge in [-0.2, -0.15) is 10.2 Å². The van der Waals surface area contributed by atoms with Gasteiger partial charge in [0, 0.05) is 49.6 Å². The highest BCUT2D eigenvalue weighted by molar-refractivity contribution is 5.94. The summed E-state index contributed by atoms with van der Waals surface area (Å²) < 4.78 is 1.80. The Hall–Kier alpha value is -2.71. The van der Waals surface area contributed by atoms with E-state index in [0.717, 1.165) is 31.4 Å². The van der Waals surface area contributed by atoms with Crippen molar-refractivity contribution in [3.05, 3.63) is 18.5 Å². The molecule has 0 aromatic carbocycles. The lowest BCUT2D eigenvalue weighted by Gasteiger charge is -2.35. The van der Waals surface area contributed by atoms with E-state index in [4.69, 9.17) is 0 Å². The Labute approximate surface area is 176 Å². The molecule has 3 amide bonds. The minimum Gasteiger partial charge on any atom is -0.354 e. The van der Waals surface area contributed by atoms with Gasteiger partial charge in [-0.25, -0.2) is 5.43 Å². The van der Waals surface area contributed by atoms with E-state index in [0.29, 0.717) is 38.8 Å². The van der Waals surface area contributed by atoms with Crippen molar-refractivity contribution in [1.82, 2.24) is 25.4 Å². The van der Waals surface area contributed by atoms with Crippen LogP contribution in [0.2, 0.25) is 0 Å². The first-order chi connectivity index (χ1) is 14.5. The Morgan fingerprint density at radius 3 is 2.90 bits per heavy atom. The summed E-state index contributed by atoms with van der Waals surface area (Å²) in [6.07, 6.45) is 8.90. The third kappa shape index (κ3) is 3.85. The Morgan fingerprint density at radius 2 is 2.20 bits per heavy atom. The van der Waals surface area contributed by atoms with Crippen molar-refractivity contribution < 1.29 is 14.4 Å². The van der Waals surface area contributed by atoms with Crippen LogP contribution >= 0.6 is 0 Å². The summed E-state index contributed by atoms with van der Waals surface area (Å²) in [5, 5.41) is 11.3. The first kappa shape index (κ1) is 20.6. The molecule has 162 valence electrons. The van der Waals surface area contributed by atoms with Crippen molar-refractivity contribution in [1.29, 1.82) is 0 Å². The first-order valence-corrected chi connectivity index (χ1v) is 10.9. The number of fused-ring (bicyclic) bond motifs is 2. The third-order valence-electron chi connectivity index (χ3n) is 6.90. The predicted molar refractivity (Wildman–Crippen MR) is 110 cm³/mol. The molecule has 2 fully saturated rings. The zero-order valence-electron chi connectivity index (χ0n) is 17.5. The number of nitrogens with one attached hydrogen (secondary N) is 2. The van der Waals surface area contributed by atoms with Gasteiger partial charge in [-0.1, -0.05) is 6.92 Å². The van der Waals surface area contributed by atoms with Crippen LogP contribution in [-0.2, 0) is 20.9 Å². The lowest BCUT2D eigenvalue weighted by Crippen LogP contribution is -2.50. The van der Waals surface area contributed by atoms with Crippen LogP contribution in [0.15, 0.2) is 23.6 Å². The van der Waals surface area contributed by atoms with Crippen molar-refractivity contribution in [2.45, 2.75) is 76.9 Å². The maximum atomic E-state index is 13.2. The number of aromatic nitrogens is 2. The van der Waals surface area contributed by atoms with Gasteiger partial charge in [0.2, 0.25) is 17.7 Å². The molecule has 1 aromatic rings. The van der Waals surface area contributed by atoms with Gasteiger partial charge in [0.05, 0.1) is 12.0 Å². The molecule has 3 aliphatic rings. The quantitative estimate of drug-likeness (QED) is 0.666. The van der Waals surface area contributed by atoms with Gasteiger partial charge >= 0.3 is 0 Å². The average molecular weight is 415 g/mol. The second-order valence-corrected chi connectivity index (χ2v) is 8.50. The summed E-state index contributed by atoms with van der Waals surface area (Å²) in [7, 11) is 0. The maximum Gasteiger partial charge on any atom is 0.240 e. The minimum atomic E-state index is -0.501. The number of hydrazone groups is 1. The number of carbonyl (C=O) groups is 3. The van der Waals surface area contributed by atoms with Gasteiger partial charge in [-0.15, -0.1) is 0 Å². The standard InChI is InChI=1S/C21H30N6O3/c1-2-21(20(30)22-11-13-26-12-3-10-23-26)14-16-6-7-17(21)27(16)19(29)9-5-15-4-8-18(28)25-24-15/h3,10,12,16-17H,2,4-9,11,13-14H2,1H3,(H,22,30)(H,25,28)/t16-,17+,21+/m1/s1.